The number of nitriles is 1. The second kappa shape index (κ2) is 7.51. The molecular formula is C15H11ClN2O3S2. The predicted octanol–water partition coefficient (Wildman–Crippen LogP) is 3.70. The Balaban J connectivity index is 2.24. The summed E-state index contributed by atoms with van der Waals surface area (Å²) in [5, 5.41) is 13.0. The summed E-state index contributed by atoms with van der Waals surface area (Å²) in [5.74, 6) is 0. The fourth-order valence-electron chi connectivity index (χ4n) is 1.62. The summed E-state index contributed by atoms with van der Waals surface area (Å²) in [4.78, 5) is 0.918. The van der Waals surface area contributed by atoms with E-state index in [1.807, 2.05) is 12.3 Å². The van der Waals surface area contributed by atoms with Gasteiger partial charge in [-0.1, -0.05) is 28.9 Å². The largest absolute Gasteiger partial charge is 0.358 e. The van der Waals surface area contributed by atoms with Gasteiger partial charge in [0.2, 0.25) is 0 Å². The monoisotopic (exact) mass is 366 g/mol. The Bertz CT molecular complexity index is 855. The maximum atomic E-state index is 12.0. The van der Waals surface area contributed by atoms with Crippen molar-refractivity contribution in [1.82, 2.24) is 0 Å². The van der Waals surface area contributed by atoms with Crippen LogP contribution in [0.5, 0.6) is 0 Å². The van der Waals surface area contributed by atoms with Gasteiger partial charge in [0.1, 0.15) is 11.0 Å². The van der Waals surface area contributed by atoms with Crippen molar-refractivity contribution >= 4 is 39.2 Å². The quantitative estimate of drug-likeness (QED) is 0.458. The molecule has 0 aliphatic carbocycles. The third-order valence-corrected chi connectivity index (χ3v) is 4.91. The van der Waals surface area contributed by atoms with E-state index in [0.717, 1.165) is 4.90 Å². The van der Waals surface area contributed by atoms with E-state index in [1.54, 1.807) is 36.0 Å². The zero-order valence-corrected chi connectivity index (χ0v) is 14.3. The van der Waals surface area contributed by atoms with Crippen molar-refractivity contribution in [2.45, 2.75) is 9.79 Å². The molecule has 0 amide bonds. The maximum absolute atomic E-state index is 12.0. The minimum Gasteiger partial charge on any atom is -0.263 e. The highest BCUT2D eigenvalue weighted by Crippen LogP contribution is 2.18. The molecule has 0 N–H and O–H groups in total. The number of halogens is 1. The standard InChI is InChI=1S/C15H11ClN2O3S2/c1-22-13-6-2-11(3-7-13)15(10-17)18-21-23(19,20)14-8-4-12(16)5-9-14/h2-9H,1H3/b18-15-. The number of hydrogen-bond donors (Lipinski definition) is 0. The van der Waals surface area contributed by atoms with Crippen molar-refractivity contribution in [3.05, 3.63) is 59.1 Å². The van der Waals surface area contributed by atoms with Crippen LogP contribution in [0.2, 0.25) is 5.02 Å². The van der Waals surface area contributed by atoms with E-state index in [2.05, 4.69) is 9.44 Å². The van der Waals surface area contributed by atoms with Gasteiger partial charge < -0.3 is 0 Å². The Morgan fingerprint density at radius 1 is 1.17 bits per heavy atom. The van der Waals surface area contributed by atoms with Gasteiger partial charge in [0, 0.05) is 15.5 Å². The molecule has 5 nitrogen and oxygen atoms in total. The minimum absolute atomic E-state index is 0.0966. The zero-order valence-electron chi connectivity index (χ0n) is 11.9. The average Bonchev–Trinajstić information content (AvgIpc) is 2.56. The second-order valence-electron chi connectivity index (χ2n) is 4.26. The van der Waals surface area contributed by atoms with Gasteiger partial charge in [0.25, 0.3) is 0 Å². The van der Waals surface area contributed by atoms with Gasteiger partial charge in [-0.15, -0.1) is 11.8 Å². The van der Waals surface area contributed by atoms with Crippen LogP contribution in [0.3, 0.4) is 0 Å². The van der Waals surface area contributed by atoms with Crippen LogP contribution >= 0.6 is 23.4 Å². The lowest BCUT2D eigenvalue weighted by Crippen LogP contribution is -2.06. The number of hydrogen-bond acceptors (Lipinski definition) is 6. The van der Waals surface area contributed by atoms with Crippen molar-refractivity contribution in [3.8, 4) is 6.07 Å². The summed E-state index contributed by atoms with van der Waals surface area (Å²) in [6, 6.07) is 14.2. The molecule has 2 rings (SSSR count). The number of nitrogens with zero attached hydrogens (tertiary/aromatic N) is 2. The SMILES string of the molecule is CSc1ccc(/C(C#N)=N\OS(=O)(=O)c2ccc(Cl)cc2)cc1. The Morgan fingerprint density at radius 2 is 1.78 bits per heavy atom. The summed E-state index contributed by atoms with van der Waals surface area (Å²) in [5.41, 5.74) is 0.340. The first-order valence-electron chi connectivity index (χ1n) is 6.28. The van der Waals surface area contributed by atoms with Crippen LogP contribution < -0.4 is 0 Å². The van der Waals surface area contributed by atoms with Crippen LogP contribution in [0, 0.1) is 11.3 Å². The Hall–Kier alpha value is -2.01. The number of rotatable bonds is 5. The molecule has 118 valence electrons. The second-order valence-corrected chi connectivity index (χ2v) is 7.11. The topological polar surface area (TPSA) is 79.5 Å². The highest BCUT2D eigenvalue weighted by Gasteiger charge is 2.16. The van der Waals surface area contributed by atoms with E-state index in [0.29, 0.717) is 10.6 Å². The first-order valence-corrected chi connectivity index (χ1v) is 9.29. The van der Waals surface area contributed by atoms with Crippen LogP contribution in [0.25, 0.3) is 0 Å². The Morgan fingerprint density at radius 3 is 2.30 bits per heavy atom. The van der Waals surface area contributed by atoms with Crippen molar-refractivity contribution in [3.63, 3.8) is 0 Å². The molecule has 0 aliphatic rings. The summed E-state index contributed by atoms with van der Waals surface area (Å²) >= 11 is 7.26. The molecule has 2 aromatic carbocycles. The van der Waals surface area contributed by atoms with E-state index >= 15 is 0 Å². The number of oxime groups is 1. The molecule has 0 aromatic heterocycles. The van der Waals surface area contributed by atoms with E-state index < -0.39 is 10.1 Å². The number of thioether (sulfide) groups is 1. The molecule has 2 aromatic rings. The van der Waals surface area contributed by atoms with E-state index in [1.165, 1.54) is 24.3 Å². The molecule has 0 aliphatic heterocycles. The first-order chi connectivity index (χ1) is 11.0. The minimum atomic E-state index is -4.10. The summed E-state index contributed by atoms with van der Waals surface area (Å²) in [6.45, 7) is 0. The van der Waals surface area contributed by atoms with Gasteiger partial charge in [0.15, 0.2) is 5.71 Å². The van der Waals surface area contributed by atoms with Crippen LogP contribution in [0.15, 0.2) is 63.5 Å². The molecule has 0 atom stereocenters. The van der Waals surface area contributed by atoms with Gasteiger partial charge >= 0.3 is 10.1 Å². The molecule has 0 saturated carbocycles. The molecule has 0 radical (unpaired) electrons. The fraction of sp³-hybridized carbons (Fsp3) is 0.0667. The lowest BCUT2D eigenvalue weighted by molar-refractivity contribution is 0.339. The normalized spacial score (nSPS) is 11.8. The van der Waals surface area contributed by atoms with Crippen molar-refractivity contribution in [2.75, 3.05) is 6.26 Å². The Labute approximate surface area is 143 Å². The molecule has 23 heavy (non-hydrogen) atoms. The van der Waals surface area contributed by atoms with Gasteiger partial charge in [-0.3, -0.25) is 4.28 Å². The summed E-state index contributed by atoms with van der Waals surface area (Å²) in [6.07, 6.45) is 1.93. The zero-order chi connectivity index (χ0) is 16.9. The van der Waals surface area contributed by atoms with Gasteiger partial charge in [0.05, 0.1) is 0 Å². The van der Waals surface area contributed by atoms with E-state index in [4.69, 9.17) is 16.9 Å². The van der Waals surface area contributed by atoms with Crippen LogP contribution in [-0.2, 0) is 14.4 Å². The lowest BCUT2D eigenvalue weighted by atomic mass is 10.1. The molecule has 0 unspecified atom stereocenters. The van der Waals surface area contributed by atoms with Gasteiger partial charge in [-0.2, -0.15) is 13.7 Å². The molecular weight excluding hydrogens is 356 g/mol. The fourth-order valence-corrected chi connectivity index (χ4v) is 2.88. The van der Waals surface area contributed by atoms with Gasteiger partial charge in [-0.25, -0.2) is 0 Å². The first kappa shape index (κ1) is 17.3. The summed E-state index contributed by atoms with van der Waals surface area (Å²) < 4.78 is 28.6. The van der Waals surface area contributed by atoms with Crippen LogP contribution in [-0.4, -0.2) is 20.4 Å². The Kier molecular flexibility index (Phi) is 5.66. The van der Waals surface area contributed by atoms with Crippen LogP contribution in [0.4, 0.5) is 0 Å². The van der Waals surface area contributed by atoms with Crippen molar-refractivity contribution < 1.29 is 12.7 Å². The maximum Gasteiger partial charge on any atom is 0.358 e. The highest BCUT2D eigenvalue weighted by molar-refractivity contribution is 7.98. The van der Waals surface area contributed by atoms with Gasteiger partial charge in [-0.05, 0) is 42.7 Å². The molecule has 0 spiro atoms. The molecule has 0 heterocycles. The average molecular weight is 367 g/mol. The highest BCUT2D eigenvalue weighted by atomic mass is 35.5. The molecule has 0 saturated heterocycles. The molecule has 0 fully saturated rings. The number of benzene rings is 2. The van der Waals surface area contributed by atoms with Crippen LogP contribution in [0.1, 0.15) is 5.56 Å². The molecule has 8 heteroatoms. The third kappa shape index (κ3) is 4.48. The molecule has 0 bridgehead atoms. The van der Waals surface area contributed by atoms with E-state index in [9.17, 15) is 8.42 Å². The third-order valence-electron chi connectivity index (χ3n) is 2.80. The smallest absolute Gasteiger partial charge is 0.263 e. The summed E-state index contributed by atoms with van der Waals surface area (Å²) in [7, 11) is -4.10. The lowest BCUT2D eigenvalue weighted by Gasteiger charge is -2.03. The van der Waals surface area contributed by atoms with Crippen molar-refractivity contribution in [2.24, 2.45) is 5.16 Å². The predicted molar refractivity (Wildman–Crippen MR) is 90.1 cm³/mol. The van der Waals surface area contributed by atoms with Crippen molar-refractivity contribution in [1.29, 1.82) is 5.26 Å². The van der Waals surface area contributed by atoms with E-state index in [-0.39, 0.29) is 10.6 Å².